The van der Waals surface area contributed by atoms with Crippen LogP contribution in [0.2, 0.25) is 5.15 Å². The van der Waals surface area contributed by atoms with Gasteiger partial charge in [0.1, 0.15) is 23.3 Å². The number of carbonyl (C=O) groups is 1. The summed E-state index contributed by atoms with van der Waals surface area (Å²) >= 11 is 12.6. The average molecular weight is 430 g/mol. The van der Waals surface area contributed by atoms with Gasteiger partial charge >= 0.3 is 0 Å². The molecule has 150 valence electrons. The highest BCUT2D eigenvalue weighted by Gasteiger charge is 2.23. The highest BCUT2D eigenvalue weighted by atomic mass is 35.5. The highest BCUT2D eigenvalue weighted by Crippen LogP contribution is 2.37. The number of carbonyl (C=O) groups excluding carboxylic acids is 1. The van der Waals surface area contributed by atoms with Gasteiger partial charge in [-0.05, 0) is 60.6 Å². The second-order valence-corrected chi connectivity index (χ2v) is 8.13. The van der Waals surface area contributed by atoms with Crippen molar-refractivity contribution < 1.29 is 9.53 Å². The van der Waals surface area contributed by atoms with Gasteiger partial charge in [-0.3, -0.25) is 9.89 Å². The maximum Gasteiger partial charge on any atom is 0.182 e. The highest BCUT2D eigenvalue weighted by molar-refractivity contribution is 6.50. The molecular weight excluding hydrogens is 409 g/mol. The minimum absolute atomic E-state index is 0.180. The number of hydrogen-bond acceptors (Lipinski definition) is 4. The van der Waals surface area contributed by atoms with E-state index in [2.05, 4.69) is 29.0 Å². The van der Waals surface area contributed by atoms with Gasteiger partial charge in [0, 0.05) is 17.3 Å². The number of benzene rings is 1. The number of aromatic amines is 1. The van der Waals surface area contributed by atoms with Gasteiger partial charge < -0.3 is 4.74 Å². The fourth-order valence-electron chi connectivity index (χ4n) is 3.64. The fraction of sp³-hybridized carbons (Fsp3) is 0.318. The SMILES string of the molecule is CCC(C)C(Oc1ccc2c(c1)CCC(C=O)=C2Cl)c1cnc2n[nH]c(Cl)c2c1. The Morgan fingerprint density at radius 3 is 2.86 bits per heavy atom. The number of aldehydes is 1. The Kier molecular flexibility index (Phi) is 5.61. The van der Waals surface area contributed by atoms with Crippen molar-refractivity contribution in [3.63, 3.8) is 0 Å². The van der Waals surface area contributed by atoms with Gasteiger partial charge in [0.2, 0.25) is 0 Å². The summed E-state index contributed by atoms with van der Waals surface area (Å²) < 4.78 is 6.43. The van der Waals surface area contributed by atoms with E-state index in [1.807, 2.05) is 24.3 Å². The van der Waals surface area contributed by atoms with E-state index in [-0.39, 0.29) is 12.0 Å². The van der Waals surface area contributed by atoms with E-state index < -0.39 is 0 Å². The molecule has 2 atom stereocenters. The van der Waals surface area contributed by atoms with Crippen LogP contribution in [0.4, 0.5) is 0 Å². The number of halogens is 2. The lowest BCUT2D eigenvalue weighted by Crippen LogP contribution is -2.17. The Labute approximate surface area is 179 Å². The van der Waals surface area contributed by atoms with Crippen LogP contribution in [-0.2, 0) is 11.2 Å². The van der Waals surface area contributed by atoms with Gasteiger partial charge in [-0.2, -0.15) is 5.10 Å². The van der Waals surface area contributed by atoms with Crippen molar-refractivity contribution in [1.82, 2.24) is 15.2 Å². The zero-order chi connectivity index (χ0) is 20.5. The molecule has 2 unspecified atom stereocenters. The standard InChI is InChI=1S/C22H21Cl2N3O2/c1-3-12(2)20(15-9-18-21(24)26-27-22(18)25-10-15)29-16-6-7-17-13(8-16)4-5-14(11-28)19(17)23/h6-12,20H,3-5H2,1-2H3,(H,25,26,27). The molecular formula is C22H21Cl2N3O2. The van der Waals surface area contributed by atoms with E-state index in [0.717, 1.165) is 47.0 Å². The molecule has 1 aliphatic rings. The number of hydrogen-bond donors (Lipinski definition) is 1. The van der Waals surface area contributed by atoms with Crippen molar-refractivity contribution in [3.8, 4) is 5.75 Å². The molecule has 29 heavy (non-hydrogen) atoms. The third-order valence-corrected chi connectivity index (χ3v) is 6.27. The average Bonchev–Trinajstić information content (AvgIpc) is 3.12. The minimum atomic E-state index is -0.180. The second kappa shape index (κ2) is 8.17. The number of H-pyrrole nitrogens is 1. The number of aryl methyl sites for hydroxylation is 1. The Morgan fingerprint density at radius 1 is 1.28 bits per heavy atom. The molecule has 0 saturated carbocycles. The number of allylic oxidation sites excluding steroid dienone is 1. The molecule has 0 aliphatic heterocycles. The quantitative estimate of drug-likeness (QED) is 0.497. The Bertz CT molecular complexity index is 1110. The molecule has 0 spiro atoms. The molecule has 1 N–H and O–H groups in total. The summed E-state index contributed by atoms with van der Waals surface area (Å²) in [6.45, 7) is 4.29. The van der Waals surface area contributed by atoms with Gasteiger partial charge in [-0.25, -0.2) is 4.98 Å². The molecule has 2 aromatic heterocycles. The Hall–Kier alpha value is -2.37. The molecule has 3 aromatic rings. The van der Waals surface area contributed by atoms with Crippen molar-refractivity contribution in [2.45, 2.75) is 39.2 Å². The van der Waals surface area contributed by atoms with Crippen molar-refractivity contribution in [2.24, 2.45) is 5.92 Å². The maximum atomic E-state index is 11.2. The summed E-state index contributed by atoms with van der Waals surface area (Å²) in [5.74, 6) is 1.03. The number of ether oxygens (including phenoxy) is 1. The topological polar surface area (TPSA) is 67.9 Å². The van der Waals surface area contributed by atoms with E-state index in [4.69, 9.17) is 27.9 Å². The van der Waals surface area contributed by atoms with Gasteiger partial charge in [-0.15, -0.1) is 0 Å². The number of nitrogens with zero attached hydrogens (tertiary/aromatic N) is 2. The van der Waals surface area contributed by atoms with Gasteiger partial charge in [0.05, 0.1) is 10.4 Å². The van der Waals surface area contributed by atoms with Crippen molar-refractivity contribution >= 4 is 45.6 Å². The van der Waals surface area contributed by atoms with Crippen LogP contribution in [0, 0.1) is 5.92 Å². The fourth-order valence-corrected chi connectivity index (χ4v) is 4.15. The molecule has 0 fully saturated rings. The summed E-state index contributed by atoms with van der Waals surface area (Å²) in [6, 6.07) is 7.84. The lowest BCUT2D eigenvalue weighted by molar-refractivity contribution is -0.105. The lowest BCUT2D eigenvalue weighted by atomic mass is 9.92. The van der Waals surface area contributed by atoms with Crippen LogP contribution >= 0.6 is 23.2 Å². The third-order valence-electron chi connectivity index (χ3n) is 5.54. The predicted octanol–water partition coefficient (Wildman–Crippen LogP) is 5.87. The normalized spacial score (nSPS) is 15.9. The van der Waals surface area contributed by atoms with Crippen molar-refractivity contribution in [1.29, 1.82) is 0 Å². The summed E-state index contributed by atoms with van der Waals surface area (Å²) in [5.41, 5.74) is 4.19. The van der Waals surface area contributed by atoms with Crippen LogP contribution < -0.4 is 4.74 Å². The summed E-state index contributed by atoms with van der Waals surface area (Å²) in [4.78, 5) is 15.6. The predicted molar refractivity (Wildman–Crippen MR) is 115 cm³/mol. The van der Waals surface area contributed by atoms with Crippen LogP contribution in [-0.4, -0.2) is 21.5 Å². The molecule has 0 saturated heterocycles. The first-order valence-electron chi connectivity index (χ1n) is 9.65. The van der Waals surface area contributed by atoms with Crippen molar-refractivity contribution in [2.75, 3.05) is 0 Å². The Morgan fingerprint density at radius 2 is 2.10 bits per heavy atom. The van der Waals surface area contributed by atoms with Gasteiger partial charge in [0.15, 0.2) is 5.65 Å². The first-order valence-corrected chi connectivity index (χ1v) is 10.4. The molecule has 7 heteroatoms. The van der Waals surface area contributed by atoms with Crippen LogP contribution in [0.1, 0.15) is 49.5 Å². The van der Waals surface area contributed by atoms with Crippen LogP contribution in [0.5, 0.6) is 5.75 Å². The smallest absolute Gasteiger partial charge is 0.182 e. The molecule has 0 radical (unpaired) electrons. The van der Waals surface area contributed by atoms with Gasteiger partial charge in [-0.1, -0.05) is 37.0 Å². The zero-order valence-corrected chi connectivity index (χ0v) is 17.7. The van der Waals surface area contributed by atoms with Crippen molar-refractivity contribution in [3.05, 3.63) is 57.9 Å². The molecule has 0 amide bonds. The largest absolute Gasteiger partial charge is 0.485 e. The summed E-state index contributed by atoms with van der Waals surface area (Å²) in [7, 11) is 0. The molecule has 2 heterocycles. The van der Waals surface area contributed by atoms with E-state index in [1.165, 1.54) is 0 Å². The summed E-state index contributed by atoms with van der Waals surface area (Å²) in [6.07, 6.45) is 4.82. The molecule has 4 rings (SSSR count). The van der Waals surface area contributed by atoms with E-state index >= 15 is 0 Å². The van der Waals surface area contributed by atoms with Crippen LogP contribution in [0.25, 0.3) is 16.1 Å². The molecule has 5 nitrogen and oxygen atoms in total. The zero-order valence-electron chi connectivity index (χ0n) is 16.2. The van der Waals surface area contributed by atoms with Gasteiger partial charge in [0.25, 0.3) is 0 Å². The van der Waals surface area contributed by atoms with E-state index in [9.17, 15) is 4.79 Å². The van der Waals surface area contributed by atoms with Crippen LogP contribution in [0.15, 0.2) is 36.0 Å². The molecule has 1 aliphatic carbocycles. The minimum Gasteiger partial charge on any atom is -0.485 e. The van der Waals surface area contributed by atoms with E-state index in [0.29, 0.717) is 27.8 Å². The van der Waals surface area contributed by atoms with E-state index in [1.54, 1.807) is 6.20 Å². The monoisotopic (exact) mass is 429 g/mol. The molecule has 0 bridgehead atoms. The number of fused-ring (bicyclic) bond motifs is 2. The molecule has 1 aromatic carbocycles. The number of pyridine rings is 1. The number of nitrogens with one attached hydrogen (secondary N) is 1. The third kappa shape index (κ3) is 3.77. The number of rotatable bonds is 6. The summed E-state index contributed by atoms with van der Waals surface area (Å²) in [5, 5.41) is 8.63. The Balaban J connectivity index is 1.68. The first-order chi connectivity index (χ1) is 14.0. The lowest BCUT2D eigenvalue weighted by Gasteiger charge is -2.26. The number of aromatic nitrogens is 3. The maximum absolute atomic E-state index is 11.2. The second-order valence-electron chi connectivity index (χ2n) is 7.38. The first kappa shape index (κ1) is 19.9. The van der Waals surface area contributed by atoms with Crippen LogP contribution in [0.3, 0.4) is 0 Å².